The largest absolute Gasteiger partial charge is 0.396 e. The Hall–Kier alpha value is -1.09. The second kappa shape index (κ2) is 4.42. The zero-order valence-corrected chi connectivity index (χ0v) is 8.79. The number of hydrogen-bond donors (Lipinski definition) is 1. The Labute approximate surface area is 84.0 Å². The molecule has 1 aromatic rings. The highest BCUT2D eigenvalue weighted by Gasteiger charge is 2.09. The van der Waals surface area contributed by atoms with E-state index in [4.69, 9.17) is 5.11 Å². The maximum absolute atomic E-state index is 13.5. The van der Waals surface area contributed by atoms with Gasteiger partial charge in [0.1, 0.15) is 5.82 Å². The van der Waals surface area contributed by atoms with E-state index >= 15 is 0 Å². The van der Waals surface area contributed by atoms with Gasteiger partial charge in [-0.1, -0.05) is 13.0 Å². The molecule has 78 valence electrons. The Morgan fingerprint density at radius 3 is 2.50 bits per heavy atom. The fourth-order valence-electron chi connectivity index (χ4n) is 1.30. The lowest BCUT2D eigenvalue weighted by atomic mass is 10.0. The summed E-state index contributed by atoms with van der Waals surface area (Å²) in [7, 11) is 3.60. The van der Waals surface area contributed by atoms with Gasteiger partial charge in [0, 0.05) is 26.6 Å². The Bertz CT molecular complexity index is 312. The van der Waals surface area contributed by atoms with Crippen LogP contribution in [0.2, 0.25) is 0 Å². The van der Waals surface area contributed by atoms with Gasteiger partial charge in [-0.25, -0.2) is 4.39 Å². The smallest absolute Gasteiger partial charge is 0.146 e. The van der Waals surface area contributed by atoms with Crippen molar-refractivity contribution < 1.29 is 9.50 Å². The lowest BCUT2D eigenvalue weighted by Crippen LogP contribution is -2.11. The molecule has 0 aliphatic heterocycles. The minimum atomic E-state index is -0.243. The molecule has 0 saturated carbocycles. The monoisotopic (exact) mass is 197 g/mol. The predicted molar refractivity (Wildman–Crippen MR) is 56.2 cm³/mol. The lowest BCUT2D eigenvalue weighted by Gasteiger charge is -2.15. The predicted octanol–water partition coefficient (Wildman–Crippen LogP) is 1.99. The zero-order valence-electron chi connectivity index (χ0n) is 8.79. The Balaban J connectivity index is 3.00. The highest BCUT2D eigenvalue weighted by atomic mass is 19.1. The normalized spacial score (nSPS) is 12.6. The molecule has 3 heteroatoms. The first-order chi connectivity index (χ1) is 6.56. The van der Waals surface area contributed by atoms with Gasteiger partial charge in [0.05, 0.1) is 5.69 Å². The molecule has 0 fully saturated rings. The van der Waals surface area contributed by atoms with Gasteiger partial charge in [-0.3, -0.25) is 0 Å². The van der Waals surface area contributed by atoms with E-state index in [1.54, 1.807) is 25.1 Å². The molecule has 0 amide bonds. The second-order valence-electron chi connectivity index (χ2n) is 3.69. The van der Waals surface area contributed by atoms with E-state index in [0.717, 1.165) is 5.56 Å². The summed E-state index contributed by atoms with van der Waals surface area (Å²) in [6.45, 7) is 1.91. The summed E-state index contributed by atoms with van der Waals surface area (Å²) in [4.78, 5) is 1.72. The topological polar surface area (TPSA) is 23.5 Å². The molecule has 0 spiro atoms. The molecule has 0 heterocycles. The van der Waals surface area contributed by atoms with Crippen molar-refractivity contribution in [1.82, 2.24) is 0 Å². The first-order valence-corrected chi connectivity index (χ1v) is 4.64. The van der Waals surface area contributed by atoms with Gasteiger partial charge in [-0.15, -0.1) is 0 Å². The van der Waals surface area contributed by atoms with Crippen LogP contribution in [0.25, 0.3) is 0 Å². The minimum absolute atomic E-state index is 0.0132. The Morgan fingerprint density at radius 2 is 2.07 bits per heavy atom. The maximum Gasteiger partial charge on any atom is 0.146 e. The van der Waals surface area contributed by atoms with Crippen molar-refractivity contribution >= 4 is 5.69 Å². The molecule has 0 aliphatic rings. The molecule has 0 saturated heterocycles. The van der Waals surface area contributed by atoms with Gasteiger partial charge < -0.3 is 10.0 Å². The lowest BCUT2D eigenvalue weighted by molar-refractivity contribution is 0.273. The average Bonchev–Trinajstić information content (AvgIpc) is 2.15. The molecule has 14 heavy (non-hydrogen) atoms. The fourth-order valence-corrected chi connectivity index (χ4v) is 1.30. The van der Waals surface area contributed by atoms with Crippen LogP contribution in [0.1, 0.15) is 18.4 Å². The van der Waals surface area contributed by atoms with Crippen LogP contribution in [0.3, 0.4) is 0 Å². The van der Waals surface area contributed by atoms with Crippen LogP contribution < -0.4 is 4.90 Å². The standard InChI is InChI=1S/C11H16FNO/c1-8(7-14)9-4-5-11(13(2)3)10(12)6-9/h4-6,8,14H,7H2,1-3H3. The van der Waals surface area contributed by atoms with Crippen LogP contribution in [0.5, 0.6) is 0 Å². The van der Waals surface area contributed by atoms with E-state index in [-0.39, 0.29) is 18.3 Å². The summed E-state index contributed by atoms with van der Waals surface area (Å²) < 4.78 is 13.5. The molecule has 1 aromatic carbocycles. The molecule has 0 bridgehead atoms. The Morgan fingerprint density at radius 1 is 1.43 bits per heavy atom. The molecule has 1 rings (SSSR count). The van der Waals surface area contributed by atoms with Crippen LogP contribution in [0.4, 0.5) is 10.1 Å². The van der Waals surface area contributed by atoms with Crippen molar-refractivity contribution in [2.75, 3.05) is 25.6 Å². The number of aliphatic hydroxyl groups is 1. The minimum Gasteiger partial charge on any atom is -0.396 e. The summed E-state index contributed by atoms with van der Waals surface area (Å²) in [5.41, 5.74) is 1.40. The highest BCUT2D eigenvalue weighted by molar-refractivity contribution is 5.48. The van der Waals surface area contributed by atoms with Gasteiger partial charge >= 0.3 is 0 Å². The maximum atomic E-state index is 13.5. The SMILES string of the molecule is CC(CO)c1ccc(N(C)C)c(F)c1. The van der Waals surface area contributed by atoms with E-state index in [1.807, 2.05) is 13.0 Å². The van der Waals surface area contributed by atoms with Crippen LogP contribution in [0, 0.1) is 5.82 Å². The molecule has 2 nitrogen and oxygen atoms in total. The first-order valence-electron chi connectivity index (χ1n) is 4.64. The van der Waals surface area contributed by atoms with Crippen LogP contribution in [-0.2, 0) is 0 Å². The molecule has 0 radical (unpaired) electrons. The summed E-state index contributed by atoms with van der Waals surface area (Å²) in [5, 5.41) is 8.92. The molecule has 1 unspecified atom stereocenters. The van der Waals surface area contributed by atoms with Crippen molar-refractivity contribution in [3.05, 3.63) is 29.6 Å². The van der Waals surface area contributed by atoms with Crippen molar-refractivity contribution in [2.45, 2.75) is 12.8 Å². The molecular weight excluding hydrogens is 181 g/mol. The van der Waals surface area contributed by atoms with Gasteiger partial charge in [0.2, 0.25) is 0 Å². The molecule has 0 aromatic heterocycles. The molecular formula is C11H16FNO. The van der Waals surface area contributed by atoms with Gasteiger partial charge in [0.25, 0.3) is 0 Å². The van der Waals surface area contributed by atoms with Crippen molar-refractivity contribution in [2.24, 2.45) is 0 Å². The van der Waals surface area contributed by atoms with E-state index in [2.05, 4.69) is 0 Å². The number of nitrogens with zero attached hydrogens (tertiary/aromatic N) is 1. The van der Waals surface area contributed by atoms with Gasteiger partial charge in [0.15, 0.2) is 0 Å². The Kier molecular flexibility index (Phi) is 3.47. The summed E-state index contributed by atoms with van der Waals surface area (Å²) in [6, 6.07) is 5.06. The van der Waals surface area contributed by atoms with E-state index in [0.29, 0.717) is 5.69 Å². The van der Waals surface area contributed by atoms with Crippen molar-refractivity contribution in [3.63, 3.8) is 0 Å². The third-order valence-corrected chi connectivity index (χ3v) is 2.30. The number of anilines is 1. The summed E-state index contributed by atoms with van der Waals surface area (Å²) in [5.74, 6) is -0.256. The zero-order chi connectivity index (χ0) is 10.7. The number of benzene rings is 1. The van der Waals surface area contributed by atoms with Crippen LogP contribution in [-0.4, -0.2) is 25.8 Å². The first kappa shape index (κ1) is 11.0. The third kappa shape index (κ3) is 2.23. The van der Waals surface area contributed by atoms with Crippen LogP contribution >= 0.6 is 0 Å². The number of aliphatic hydroxyl groups excluding tert-OH is 1. The van der Waals surface area contributed by atoms with Crippen LogP contribution in [0.15, 0.2) is 18.2 Å². The van der Waals surface area contributed by atoms with Crippen molar-refractivity contribution in [3.8, 4) is 0 Å². The highest BCUT2D eigenvalue weighted by Crippen LogP contribution is 2.22. The average molecular weight is 197 g/mol. The quantitative estimate of drug-likeness (QED) is 0.801. The second-order valence-corrected chi connectivity index (χ2v) is 3.69. The number of hydrogen-bond acceptors (Lipinski definition) is 2. The summed E-state index contributed by atoms with van der Waals surface area (Å²) >= 11 is 0. The molecule has 1 atom stereocenters. The van der Waals surface area contributed by atoms with Crippen molar-refractivity contribution in [1.29, 1.82) is 0 Å². The van der Waals surface area contributed by atoms with Gasteiger partial charge in [-0.2, -0.15) is 0 Å². The number of rotatable bonds is 3. The molecule has 0 aliphatic carbocycles. The fraction of sp³-hybridized carbons (Fsp3) is 0.455. The van der Waals surface area contributed by atoms with E-state index in [9.17, 15) is 4.39 Å². The van der Waals surface area contributed by atoms with Gasteiger partial charge in [-0.05, 0) is 17.7 Å². The molecule has 1 N–H and O–H groups in total. The summed E-state index contributed by atoms with van der Waals surface area (Å²) in [6.07, 6.45) is 0. The van der Waals surface area contributed by atoms with E-state index < -0.39 is 0 Å². The van der Waals surface area contributed by atoms with E-state index in [1.165, 1.54) is 6.07 Å². The third-order valence-electron chi connectivity index (χ3n) is 2.30. The number of halogens is 1.